The lowest BCUT2D eigenvalue weighted by Crippen LogP contribution is -2.49. The highest BCUT2D eigenvalue weighted by molar-refractivity contribution is 6.67. The summed E-state index contributed by atoms with van der Waals surface area (Å²) in [5.74, 6) is 0.643. The van der Waals surface area contributed by atoms with Crippen LogP contribution in [-0.4, -0.2) is 53.5 Å². The number of carboxylic acids is 1. The number of nitrogens with two attached hydrogens (primary N) is 1. The smallest absolute Gasteiger partial charge is 0.340 e. The molecule has 0 saturated carbocycles. The molecule has 0 amide bonds. The number of carbonyl (C=O) groups excluding carboxylic acids is 2. The number of rotatable bonds is 7. The summed E-state index contributed by atoms with van der Waals surface area (Å²) in [5.41, 5.74) is 6.52. The summed E-state index contributed by atoms with van der Waals surface area (Å²) >= 11 is 5.34. The second-order valence-corrected chi connectivity index (χ2v) is 10.7. The molecule has 3 N–H and O–H groups in total. The number of aliphatic imine (C=N–C) groups is 1. The number of cyclic esters (lactones) is 1. The Kier molecular flexibility index (Phi) is 12.3. The second kappa shape index (κ2) is 14.3. The van der Waals surface area contributed by atoms with Crippen LogP contribution in [0.5, 0.6) is 11.5 Å². The van der Waals surface area contributed by atoms with Crippen molar-refractivity contribution in [1.29, 1.82) is 0 Å². The van der Waals surface area contributed by atoms with Gasteiger partial charge in [0.15, 0.2) is 5.54 Å². The molecule has 220 valence electrons. The van der Waals surface area contributed by atoms with Crippen LogP contribution in [0.4, 0.5) is 0 Å². The first-order chi connectivity index (χ1) is 18.4. The first-order valence-electron chi connectivity index (χ1n) is 12.8. The van der Waals surface area contributed by atoms with Gasteiger partial charge < -0.3 is 25.1 Å². The van der Waals surface area contributed by atoms with Gasteiger partial charge in [-0.25, -0.2) is 9.79 Å². The number of carbonyl (C=O) groups is 3. The molecule has 10 heteroatoms. The van der Waals surface area contributed by atoms with Crippen molar-refractivity contribution in [1.82, 2.24) is 0 Å². The summed E-state index contributed by atoms with van der Waals surface area (Å²) < 4.78 is 15.7. The van der Waals surface area contributed by atoms with Crippen LogP contribution in [0.1, 0.15) is 68.6 Å². The molecule has 0 radical (unpaired) electrons. The van der Waals surface area contributed by atoms with E-state index < -0.39 is 22.3 Å². The van der Waals surface area contributed by atoms with Crippen molar-refractivity contribution in [3.05, 3.63) is 58.7 Å². The molecule has 1 heterocycles. The number of benzene rings is 2. The average Bonchev–Trinajstić information content (AvgIpc) is 3.19. The van der Waals surface area contributed by atoms with E-state index in [2.05, 4.69) is 4.99 Å². The van der Waals surface area contributed by atoms with Crippen LogP contribution >= 0.6 is 11.6 Å². The van der Waals surface area contributed by atoms with Crippen LogP contribution in [-0.2, 0) is 14.3 Å². The van der Waals surface area contributed by atoms with Crippen molar-refractivity contribution in [3.8, 4) is 11.5 Å². The van der Waals surface area contributed by atoms with Gasteiger partial charge in [-0.3, -0.25) is 9.59 Å². The number of hydrogen-bond donors (Lipinski definition) is 2. The highest BCUT2D eigenvalue weighted by Crippen LogP contribution is 2.32. The average molecular weight is 577 g/mol. The van der Waals surface area contributed by atoms with Crippen molar-refractivity contribution in [2.75, 3.05) is 14.2 Å². The van der Waals surface area contributed by atoms with Gasteiger partial charge in [-0.05, 0) is 75.4 Å². The number of halogens is 1. The van der Waals surface area contributed by atoms with Crippen molar-refractivity contribution < 1.29 is 33.7 Å². The first kappa shape index (κ1) is 34.6. The summed E-state index contributed by atoms with van der Waals surface area (Å²) in [7, 11) is 3.18. The summed E-state index contributed by atoms with van der Waals surface area (Å²) in [4.78, 5) is 37.7. The van der Waals surface area contributed by atoms with E-state index in [1.54, 1.807) is 53.2 Å². The van der Waals surface area contributed by atoms with E-state index in [1.165, 1.54) is 6.92 Å². The maximum absolute atomic E-state index is 12.0. The number of ether oxygens (including phenoxy) is 3. The molecular formula is C30H41ClN2O7. The quantitative estimate of drug-likeness (QED) is 0.323. The normalized spacial score (nSPS) is 17.4. The van der Waals surface area contributed by atoms with Crippen LogP contribution in [0.25, 0.3) is 0 Å². The van der Waals surface area contributed by atoms with Crippen molar-refractivity contribution >= 4 is 34.7 Å². The lowest BCUT2D eigenvalue weighted by Gasteiger charge is -2.22. The predicted molar refractivity (Wildman–Crippen MR) is 157 cm³/mol. The number of esters is 1. The molecule has 2 aromatic carbocycles. The van der Waals surface area contributed by atoms with Gasteiger partial charge in [0.25, 0.3) is 5.24 Å². The fourth-order valence-electron chi connectivity index (χ4n) is 3.31. The van der Waals surface area contributed by atoms with Crippen LogP contribution in [0.2, 0.25) is 0 Å². The third-order valence-electron chi connectivity index (χ3n) is 7.17. The van der Waals surface area contributed by atoms with Crippen LogP contribution < -0.4 is 15.2 Å². The molecule has 3 rings (SSSR count). The minimum Gasteiger partial charge on any atom is -0.496 e. The third kappa shape index (κ3) is 8.05. The van der Waals surface area contributed by atoms with Gasteiger partial charge in [0, 0.05) is 22.3 Å². The molecule has 0 saturated heterocycles. The zero-order valence-corrected chi connectivity index (χ0v) is 25.7. The lowest BCUT2D eigenvalue weighted by atomic mass is 9.90. The van der Waals surface area contributed by atoms with Gasteiger partial charge >= 0.3 is 11.9 Å². The highest BCUT2D eigenvalue weighted by atomic mass is 35.5. The maximum Gasteiger partial charge on any atom is 0.340 e. The molecule has 2 unspecified atom stereocenters. The molecule has 1 aliphatic rings. The lowest BCUT2D eigenvalue weighted by molar-refractivity contribution is -0.144. The largest absolute Gasteiger partial charge is 0.496 e. The molecular weight excluding hydrogens is 536 g/mol. The third-order valence-corrected chi connectivity index (χ3v) is 7.37. The van der Waals surface area contributed by atoms with Gasteiger partial charge in [-0.1, -0.05) is 39.8 Å². The molecule has 1 aliphatic heterocycles. The number of nitrogens with zero attached hydrogens (tertiary/aromatic N) is 1. The van der Waals surface area contributed by atoms with E-state index in [9.17, 15) is 14.4 Å². The summed E-state index contributed by atoms with van der Waals surface area (Å²) in [5, 5.41) is 8.03. The van der Waals surface area contributed by atoms with Gasteiger partial charge in [-0.15, -0.1) is 0 Å². The predicted octanol–water partition coefficient (Wildman–Crippen LogP) is 5.55. The van der Waals surface area contributed by atoms with Gasteiger partial charge in [0.1, 0.15) is 17.0 Å². The SMILES string of the molecule is CC(C)C(C)(N)C(=O)O.COc1cccc(C(=O)Cl)c1C.COc1cccc(C2=NC(C)(C(C)C)C(=O)O2)c1C. The Morgan fingerprint density at radius 3 is 1.90 bits per heavy atom. The number of carboxylic acid groups (broad SMARTS) is 1. The molecule has 40 heavy (non-hydrogen) atoms. The second-order valence-electron chi connectivity index (χ2n) is 10.4. The Morgan fingerprint density at radius 2 is 1.52 bits per heavy atom. The van der Waals surface area contributed by atoms with Crippen molar-refractivity contribution in [2.45, 2.75) is 66.5 Å². The monoisotopic (exact) mass is 576 g/mol. The summed E-state index contributed by atoms with van der Waals surface area (Å²) in [6.07, 6.45) is 0. The fraction of sp³-hybridized carbons (Fsp3) is 0.467. The van der Waals surface area contributed by atoms with E-state index in [0.717, 1.165) is 22.4 Å². The Labute approximate surface area is 241 Å². The molecule has 0 bridgehead atoms. The van der Waals surface area contributed by atoms with Gasteiger partial charge in [-0.2, -0.15) is 0 Å². The Balaban J connectivity index is 0.000000328. The van der Waals surface area contributed by atoms with Gasteiger partial charge in [0.2, 0.25) is 5.90 Å². The minimum absolute atomic E-state index is 0.0324. The highest BCUT2D eigenvalue weighted by Gasteiger charge is 2.44. The molecule has 2 atom stereocenters. The fourth-order valence-corrected chi connectivity index (χ4v) is 3.52. The number of aliphatic carboxylic acids is 1. The summed E-state index contributed by atoms with van der Waals surface area (Å²) in [6, 6.07) is 10.8. The molecule has 9 nitrogen and oxygen atoms in total. The van der Waals surface area contributed by atoms with Gasteiger partial charge in [0.05, 0.1) is 14.2 Å². The van der Waals surface area contributed by atoms with E-state index in [-0.39, 0.29) is 17.8 Å². The van der Waals surface area contributed by atoms with E-state index in [4.69, 9.17) is 36.7 Å². The first-order valence-corrected chi connectivity index (χ1v) is 13.1. The maximum atomic E-state index is 12.0. The van der Waals surface area contributed by atoms with E-state index in [0.29, 0.717) is 17.2 Å². The van der Waals surface area contributed by atoms with Crippen LogP contribution in [0, 0.1) is 25.7 Å². The van der Waals surface area contributed by atoms with Crippen LogP contribution in [0.15, 0.2) is 41.4 Å². The zero-order valence-electron chi connectivity index (χ0n) is 24.9. The zero-order chi connectivity index (χ0) is 31.0. The Hall–Kier alpha value is -3.43. The standard InChI is InChI=1S/C15H19NO3.C9H9ClO2.C6H13NO2/c1-9(2)15(4)14(17)19-13(16-15)11-7-6-8-12(18-5)10(11)3;1-6-7(9(10)11)4-3-5-8(6)12-2;1-4(2)6(3,7)5(8)9/h6-9H,1-5H3;3-5H,1-2H3;4H,7H2,1-3H3,(H,8,9). The molecule has 0 spiro atoms. The molecule has 2 aromatic rings. The Morgan fingerprint density at radius 1 is 1.02 bits per heavy atom. The van der Waals surface area contributed by atoms with Crippen LogP contribution in [0.3, 0.4) is 0 Å². The number of hydrogen-bond acceptors (Lipinski definition) is 8. The van der Waals surface area contributed by atoms with Crippen molar-refractivity contribution in [2.24, 2.45) is 22.6 Å². The Bertz CT molecular complexity index is 1250. The minimum atomic E-state index is -1.08. The van der Waals surface area contributed by atoms with Crippen molar-refractivity contribution in [3.63, 3.8) is 0 Å². The summed E-state index contributed by atoms with van der Waals surface area (Å²) in [6.45, 7) is 14.5. The molecule has 0 aliphatic carbocycles. The molecule has 0 aromatic heterocycles. The van der Waals surface area contributed by atoms with E-state index >= 15 is 0 Å². The molecule has 0 fully saturated rings. The van der Waals surface area contributed by atoms with E-state index in [1.807, 2.05) is 45.9 Å². The number of methoxy groups -OCH3 is 2. The topological polar surface area (TPSA) is 138 Å².